The van der Waals surface area contributed by atoms with Crippen LogP contribution in [0.3, 0.4) is 0 Å². The molecule has 0 heterocycles. The third kappa shape index (κ3) is 3.61. The van der Waals surface area contributed by atoms with Gasteiger partial charge in [-0.3, -0.25) is 19.7 Å². The lowest BCUT2D eigenvalue weighted by Gasteiger charge is -2.08. The van der Waals surface area contributed by atoms with Gasteiger partial charge in [0.1, 0.15) is 0 Å². The van der Waals surface area contributed by atoms with Crippen LogP contribution < -0.4 is 0 Å². The molecule has 0 saturated carbocycles. The minimum atomic E-state index is -1.03. The van der Waals surface area contributed by atoms with Crippen LogP contribution in [0.1, 0.15) is 35.7 Å². The molecule has 0 aromatic heterocycles. The molecule has 0 fully saturated rings. The van der Waals surface area contributed by atoms with Crippen molar-refractivity contribution < 1.29 is 19.6 Å². The van der Waals surface area contributed by atoms with E-state index in [-0.39, 0.29) is 17.7 Å². The zero-order chi connectivity index (χ0) is 14.6. The van der Waals surface area contributed by atoms with E-state index in [1.54, 1.807) is 13.8 Å². The fourth-order valence-corrected chi connectivity index (χ4v) is 1.73. The highest BCUT2D eigenvalue weighted by Crippen LogP contribution is 2.21. The third-order valence-electron chi connectivity index (χ3n) is 3.00. The lowest BCUT2D eigenvalue weighted by atomic mass is 9.95. The molecule has 1 N–H and O–H groups in total. The van der Waals surface area contributed by atoms with Gasteiger partial charge in [0, 0.05) is 23.6 Å². The summed E-state index contributed by atoms with van der Waals surface area (Å²) in [6.45, 7) is 3.27. The van der Waals surface area contributed by atoms with Gasteiger partial charge in [0.15, 0.2) is 5.78 Å². The summed E-state index contributed by atoms with van der Waals surface area (Å²) in [5.41, 5.74) is 0.512. The first-order valence-electron chi connectivity index (χ1n) is 5.87. The van der Waals surface area contributed by atoms with E-state index in [9.17, 15) is 19.7 Å². The first kappa shape index (κ1) is 14.8. The normalized spacial score (nSPS) is 11.9. The average molecular weight is 265 g/mol. The Morgan fingerprint density at radius 3 is 2.53 bits per heavy atom. The van der Waals surface area contributed by atoms with Crippen LogP contribution in [0.25, 0.3) is 0 Å². The van der Waals surface area contributed by atoms with E-state index in [4.69, 9.17) is 5.11 Å². The molecule has 0 saturated heterocycles. The summed E-state index contributed by atoms with van der Waals surface area (Å²) < 4.78 is 0. The molecule has 6 nitrogen and oxygen atoms in total. The maximum absolute atomic E-state index is 11.9. The first-order valence-corrected chi connectivity index (χ1v) is 5.87. The number of benzene rings is 1. The maximum atomic E-state index is 11.9. The molecule has 102 valence electrons. The van der Waals surface area contributed by atoms with Crippen molar-refractivity contribution >= 4 is 17.4 Å². The topological polar surface area (TPSA) is 97.5 Å². The third-order valence-corrected chi connectivity index (χ3v) is 3.00. The Labute approximate surface area is 110 Å². The van der Waals surface area contributed by atoms with E-state index in [0.717, 1.165) is 0 Å². The van der Waals surface area contributed by atoms with E-state index >= 15 is 0 Å². The van der Waals surface area contributed by atoms with Crippen molar-refractivity contribution in [2.45, 2.75) is 26.7 Å². The number of aliphatic carboxylic acids is 1. The number of carboxylic acid groups (broad SMARTS) is 1. The average Bonchev–Trinajstić information content (AvgIpc) is 2.35. The van der Waals surface area contributed by atoms with Gasteiger partial charge >= 0.3 is 5.97 Å². The Morgan fingerprint density at radius 2 is 2.05 bits per heavy atom. The van der Waals surface area contributed by atoms with Crippen molar-refractivity contribution in [2.75, 3.05) is 0 Å². The van der Waals surface area contributed by atoms with Crippen LogP contribution >= 0.6 is 0 Å². The molecule has 0 aliphatic rings. The van der Waals surface area contributed by atoms with Crippen molar-refractivity contribution in [1.82, 2.24) is 0 Å². The Morgan fingerprint density at radius 1 is 1.42 bits per heavy atom. The first-order chi connectivity index (χ1) is 8.86. The number of nitrogens with zero attached hydrogens (tertiary/aromatic N) is 1. The standard InChI is InChI=1S/C13H15NO5/c1-3-9(13(16)17)7-12(15)10-5-4-8(2)11(6-10)14(18)19/h4-6,9H,3,7H2,1-2H3,(H,16,17). The number of nitro benzene ring substituents is 1. The maximum Gasteiger partial charge on any atom is 0.306 e. The van der Waals surface area contributed by atoms with Gasteiger partial charge in [-0.25, -0.2) is 0 Å². The van der Waals surface area contributed by atoms with Gasteiger partial charge in [0.05, 0.1) is 10.8 Å². The van der Waals surface area contributed by atoms with Crippen LogP contribution in [0.5, 0.6) is 0 Å². The molecule has 0 amide bonds. The van der Waals surface area contributed by atoms with Gasteiger partial charge in [0.2, 0.25) is 0 Å². The van der Waals surface area contributed by atoms with Crippen LogP contribution in [0.15, 0.2) is 18.2 Å². The van der Waals surface area contributed by atoms with E-state index in [1.165, 1.54) is 18.2 Å². The van der Waals surface area contributed by atoms with Gasteiger partial charge in [-0.1, -0.05) is 19.1 Å². The number of nitro groups is 1. The van der Waals surface area contributed by atoms with E-state index in [1.807, 2.05) is 0 Å². The monoisotopic (exact) mass is 265 g/mol. The molecule has 0 aliphatic carbocycles. The molecular formula is C13H15NO5. The van der Waals surface area contributed by atoms with Gasteiger partial charge in [-0.05, 0) is 13.3 Å². The Hall–Kier alpha value is -2.24. The minimum Gasteiger partial charge on any atom is -0.481 e. The molecular weight excluding hydrogens is 250 g/mol. The minimum absolute atomic E-state index is 0.130. The number of aryl methyl sites for hydroxylation is 1. The number of ketones is 1. The number of hydrogen-bond donors (Lipinski definition) is 1. The highest BCUT2D eigenvalue weighted by Gasteiger charge is 2.21. The van der Waals surface area contributed by atoms with E-state index in [2.05, 4.69) is 0 Å². The lowest BCUT2D eigenvalue weighted by Crippen LogP contribution is -2.17. The number of rotatable bonds is 6. The molecule has 1 unspecified atom stereocenters. The van der Waals surface area contributed by atoms with E-state index in [0.29, 0.717) is 12.0 Å². The van der Waals surface area contributed by atoms with Crippen molar-refractivity contribution in [2.24, 2.45) is 5.92 Å². The predicted molar refractivity (Wildman–Crippen MR) is 68.2 cm³/mol. The Bertz CT molecular complexity index is 524. The number of carbonyl (C=O) groups excluding carboxylic acids is 1. The van der Waals surface area contributed by atoms with E-state index < -0.39 is 22.6 Å². The van der Waals surface area contributed by atoms with Crippen molar-refractivity contribution in [3.8, 4) is 0 Å². The second-order valence-electron chi connectivity index (χ2n) is 4.33. The zero-order valence-corrected chi connectivity index (χ0v) is 10.8. The number of hydrogen-bond acceptors (Lipinski definition) is 4. The van der Waals surface area contributed by atoms with Crippen LogP contribution in [0.2, 0.25) is 0 Å². The molecule has 1 aromatic carbocycles. The molecule has 19 heavy (non-hydrogen) atoms. The van der Waals surface area contributed by atoms with Crippen molar-refractivity contribution in [3.05, 3.63) is 39.4 Å². The number of Topliss-reactive ketones (excluding diaryl/α,β-unsaturated/α-hetero) is 1. The van der Waals surface area contributed by atoms with Crippen molar-refractivity contribution in [3.63, 3.8) is 0 Å². The predicted octanol–water partition coefficient (Wildman–Crippen LogP) is 2.59. The molecule has 1 rings (SSSR count). The Kier molecular flexibility index (Phi) is 4.74. The molecule has 0 aliphatic heterocycles. The summed E-state index contributed by atoms with van der Waals surface area (Å²) >= 11 is 0. The van der Waals surface area contributed by atoms with Crippen molar-refractivity contribution in [1.29, 1.82) is 0 Å². The summed E-state index contributed by atoms with van der Waals surface area (Å²) in [4.78, 5) is 33.0. The molecule has 0 spiro atoms. The second kappa shape index (κ2) is 6.08. The zero-order valence-electron chi connectivity index (χ0n) is 10.8. The molecule has 0 bridgehead atoms. The smallest absolute Gasteiger partial charge is 0.306 e. The van der Waals surface area contributed by atoms with Crippen LogP contribution in [0.4, 0.5) is 5.69 Å². The fraction of sp³-hybridized carbons (Fsp3) is 0.385. The molecule has 6 heteroatoms. The quantitative estimate of drug-likeness (QED) is 0.484. The fourth-order valence-electron chi connectivity index (χ4n) is 1.73. The van der Waals surface area contributed by atoms with Gasteiger partial charge in [-0.15, -0.1) is 0 Å². The number of carbonyl (C=O) groups is 2. The van der Waals surface area contributed by atoms with Gasteiger partial charge < -0.3 is 5.11 Å². The number of carboxylic acids is 1. The van der Waals surface area contributed by atoms with Gasteiger partial charge in [-0.2, -0.15) is 0 Å². The van der Waals surface area contributed by atoms with Crippen LogP contribution in [-0.4, -0.2) is 21.8 Å². The highest BCUT2D eigenvalue weighted by atomic mass is 16.6. The van der Waals surface area contributed by atoms with Gasteiger partial charge in [0.25, 0.3) is 5.69 Å². The Balaban J connectivity index is 2.97. The molecule has 1 aromatic rings. The molecule has 1 atom stereocenters. The summed E-state index contributed by atoms with van der Waals surface area (Å²) in [6, 6.07) is 4.18. The highest BCUT2D eigenvalue weighted by molar-refractivity contribution is 5.98. The lowest BCUT2D eigenvalue weighted by molar-refractivity contribution is -0.385. The SMILES string of the molecule is CCC(CC(=O)c1ccc(C)c([N+](=O)[O-])c1)C(=O)O. The molecule has 0 radical (unpaired) electrons. The summed E-state index contributed by atoms with van der Waals surface area (Å²) in [5.74, 6) is -2.18. The van der Waals surface area contributed by atoms with Crippen LogP contribution in [0, 0.1) is 23.0 Å². The summed E-state index contributed by atoms with van der Waals surface area (Å²) in [7, 11) is 0. The second-order valence-corrected chi connectivity index (χ2v) is 4.33. The summed E-state index contributed by atoms with van der Waals surface area (Å²) in [5, 5.41) is 19.7. The largest absolute Gasteiger partial charge is 0.481 e. The van der Waals surface area contributed by atoms with Crippen LogP contribution in [-0.2, 0) is 4.79 Å². The summed E-state index contributed by atoms with van der Waals surface area (Å²) in [6.07, 6.45) is 0.196.